The highest BCUT2D eigenvalue weighted by molar-refractivity contribution is 5.87. The molecule has 0 bridgehead atoms. The zero-order valence-electron chi connectivity index (χ0n) is 6.08. The Morgan fingerprint density at radius 1 is 1.67 bits per heavy atom. The first kappa shape index (κ1) is 8.70. The summed E-state index contributed by atoms with van der Waals surface area (Å²) in [4.78, 5) is 10.3. The molecule has 1 heterocycles. The van der Waals surface area contributed by atoms with E-state index in [4.69, 9.17) is 5.11 Å². The van der Waals surface area contributed by atoms with Crippen LogP contribution in [0.15, 0.2) is 18.5 Å². The van der Waals surface area contributed by atoms with Crippen LogP contribution in [0, 0.1) is 0 Å². The summed E-state index contributed by atoms with van der Waals surface area (Å²) < 4.78 is 24.7. The van der Waals surface area contributed by atoms with E-state index in [0.29, 0.717) is 0 Å². The van der Waals surface area contributed by atoms with E-state index in [0.717, 1.165) is 4.57 Å². The zero-order valence-corrected chi connectivity index (χ0v) is 6.08. The fourth-order valence-electron chi connectivity index (χ4n) is 0.840. The van der Waals surface area contributed by atoms with Gasteiger partial charge in [0, 0.05) is 12.4 Å². The van der Waals surface area contributed by atoms with Crippen LogP contribution in [0.4, 0.5) is 8.78 Å². The van der Waals surface area contributed by atoms with E-state index in [2.05, 4.69) is 0 Å². The lowest BCUT2D eigenvalue weighted by Gasteiger charge is -1.98. The molecule has 0 fully saturated rings. The van der Waals surface area contributed by atoms with Crippen molar-refractivity contribution in [3.63, 3.8) is 0 Å². The van der Waals surface area contributed by atoms with Crippen LogP contribution in [0.25, 0.3) is 0 Å². The minimum absolute atomic E-state index is 0.0238. The number of rotatable bonds is 3. The van der Waals surface area contributed by atoms with Gasteiger partial charge in [-0.3, -0.25) is 0 Å². The number of nitrogens with zero attached hydrogens (tertiary/aromatic N) is 1. The topological polar surface area (TPSA) is 42.2 Å². The molecule has 0 unspecified atom stereocenters. The number of aromatic carboxylic acids is 1. The molecule has 0 saturated heterocycles. The molecule has 1 rings (SSSR count). The van der Waals surface area contributed by atoms with Gasteiger partial charge in [0.05, 0.1) is 12.1 Å². The molecule has 3 nitrogen and oxygen atoms in total. The summed E-state index contributed by atoms with van der Waals surface area (Å²) in [5, 5.41) is 8.43. The number of carbonyl (C=O) groups is 1. The van der Waals surface area contributed by atoms with Crippen molar-refractivity contribution in [3.8, 4) is 0 Å². The van der Waals surface area contributed by atoms with Crippen molar-refractivity contribution in [3.05, 3.63) is 24.0 Å². The Morgan fingerprint density at radius 3 is 2.75 bits per heavy atom. The number of halogens is 2. The van der Waals surface area contributed by atoms with Gasteiger partial charge in [0.2, 0.25) is 0 Å². The quantitative estimate of drug-likeness (QED) is 0.755. The number of hydrogen-bond donors (Lipinski definition) is 1. The molecular formula is C7H7F2NO2. The van der Waals surface area contributed by atoms with Gasteiger partial charge in [-0.2, -0.15) is 0 Å². The fourth-order valence-corrected chi connectivity index (χ4v) is 0.840. The van der Waals surface area contributed by atoms with Crippen molar-refractivity contribution in [2.45, 2.75) is 13.0 Å². The second-order valence-electron chi connectivity index (χ2n) is 2.29. The molecule has 0 atom stereocenters. The van der Waals surface area contributed by atoms with E-state index in [1.165, 1.54) is 18.5 Å². The van der Waals surface area contributed by atoms with Crippen LogP contribution in [0.3, 0.4) is 0 Å². The van der Waals surface area contributed by atoms with Gasteiger partial charge in [-0.15, -0.1) is 0 Å². The largest absolute Gasteiger partial charge is 0.478 e. The molecule has 0 aliphatic rings. The highest BCUT2D eigenvalue weighted by Gasteiger charge is 2.07. The van der Waals surface area contributed by atoms with Gasteiger partial charge in [-0.25, -0.2) is 13.6 Å². The Morgan fingerprint density at radius 2 is 2.33 bits per heavy atom. The van der Waals surface area contributed by atoms with Crippen LogP contribution >= 0.6 is 0 Å². The van der Waals surface area contributed by atoms with Crippen LogP contribution in [0.2, 0.25) is 0 Å². The first-order valence-electron chi connectivity index (χ1n) is 3.27. The number of hydrogen-bond acceptors (Lipinski definition) is 1. The summed E-state index contributed by atoms with van der Waals surface area (Å²) in [5.41, 5.74) is 0.0238. The molecule has 66 valence electrons. The van der Waals surface area contributed by atoms with Crippen LogP contribution in [-0.4, -0.2) is 22.1 Å². The Bertz CT molecular complexity index is 283. The predicted octanol–water partition coefficient (Wildman–Crippen LogP) is 1.45. The third-order valence-electron chi connectivity index (χ3n) is 1.35. The summed E-state index contributed by atoms with van der Waals surface area (Å²) in [7, 11) is 0. The number of carboxylic acid groups (broad SMARTS) is 1. The van der Waals surface area contributed by atoms with E-state index in [1.54, 1.807) is 0 Å². The smallest absolute Gasteiger partial charge is 0.337 e. The molecule has 1 aromatic heterocycles. The van der Waals surface area contributed by atoms with Crippen LogP contribution in [0.1, 0.15) is 10.4 Å². The fraction of sp³-hybridized carbons (Fsp3) is 0.286. The van der Waals surface area contributed by atoms with Gasteiger partial charge in [-0.1, -0.05) is 0 Å². The molecule has 0 aromatic carbocycles. The van der Waals surface area contributed by atoms with Gasteiger partial charge < -0.3 is 9.67 Å². The Hall–Kier alpha value is -1.39. The SMILES string of the molecule is O=C(O)c1ccn(CC(F)F)c1. The molecular weight excluding hydrogens is 168 g/mol. The minimum atomic E-state index is -2.46. The summed E-state index contributed by atoms with van der Waals surface area (Å²) >= 11 is 0. The lowest BCUT2D eigenvalue weighted by atomic mass is 10.4. The predicted molar refractivity (Wildman–Crippen MR) is 37.4 cm³/mol. The molecule has 1 N–H and O–H groups in total. The summed E-state index contributed by atoms with van der Waals surface area (Å²) in [5.74, 6) is -1.11. The standard InChI is InChI=1S/C7H7F2NO2/c8-6(9)4-10-2-1-5(3-10)7(11)12/h1-3,6H,4H2,(H,11,12). The maximum absolute atomic E-state index is 11.8. The molecule has 0 spiro atoms. The van der Waals surface area contributed by atoms with E-state index < -0.39 is 18.9 Å². The first-order chi connectivity index (χ1) is 5.59. The van der Waals surface area contributed by atoms with Crippen LogP contribution < -0.4 is 0 Å². The molecule has 0 aliphatic carbocycles. The number of alkyl halides is 2. The molecule has 0 aliphatic heterocycles. The molecule has 0 radical (unpaired) electrons. The Kier molecular flexibility index (Phi) is 2.42. The van der Waals surface area contributed by atoms with E-state index in [-0.39, 0.29) is 5.56 Å². The third-order valence-corrected chi connectivity index (χ3v) is 1.35. The highest BCUT2D eigenvalue weighted by atomic mass is 19.3. The van der Waals surface area contributed by atoms with Crippen LogP contribution in [0.5, 0.6) is 0 Å². The van der Waals surface area contributed by atoms with Crippen molar-refractivity contribution < 1.29 is 18.7 Å². The maximum atomic E-state index is 11.8. The van der Waals surface area contributed by atoms with Crippen molar-refractivity contribution in [1.29, 1.82) is 0 Å². The second kappa shape index (κ2) is 3.34. The Labute approximate surface area is 67.2 Å². The first-order valence-corrected chi connectivity index (χ1v) is 3.27. The van der Waals surface area contributed by atoms with Crippen molar-refractivity contribution in [1.82, 2.24) is 4.57 Å². The lowest BCUT2D eigenvalue weighted by Crippen LogP contribution is -2.04. The van der Waals surface area contributed by atoms with E-state index in [9.17, 15) is 13.6 Å². The average molecular weight is 175 g/mol. The monoisotopic (exact) mass is 175 g/mol. The number of carboxylic acids is 1. The second-order valence-corrected chi connectivity index (χ2v) is 2.29. The van der Waals surface area contributed by atoms with Crippen molar-refractivity contribution in [2.24, 2.45) is 0 Å². The Balaban J connectivity index is 2.71. The zero-order chi connectivity index (χ0) is 9.14. The van der Waals surface area contributed by atoms with Crippen molar-refractivity contribution in [2.75, 3.05) is 0 Å². The summed E-state index contributed by atoms with van der Waals surface area (Å²) in [6.45, 7) is -0.465. The number of aromatic nitrogens is 1. The summed E-state index contributed by atoms with van der Waals surface area (Å²) in [6, 6.07) is 1.28. The maximum Gasteiger partial charge on any atom is 0.337 e. The average Bonchev–Trinajstić information content (AvgIpc) is 2.34. The van der Waals surface area contributed by atoms with Gasteiger partial charge >= 0.3 is 5.97 Å². The molecule has 0 amide bonds. The minimum Gasteiger partial charge on any atom is -0.478 e. The van der Waals surface area contributed by atoms with Gasteiger partial charge in [0.15, 0.2) is 0 Å². The molecule has 1 aromatic rings. The molecule has 12 heavy (non-hydrogen) atoms. The molecule has 0 saturated carbocycles. The van der Waals surface area contributed by atoms with Gasteiger partial charge in [-0.05, 0) is 6.07 Å². The van der Waals surface area contributed by atoms with E-state index in [1.807, 2.05) is 0 Å². The molecule has 5 heteroatoms. The van der Waals surface area contributed by atoms with Gasteiger partial charge in [0.1, 0.15) is 0 Å². The van der Waals surface area contributed by atoms with Crippen LogP contribution in [-0.2, 0) is 6.54 Å². The third kappa shape index (κ3) is 2.05. The highest BCUT2D eigenvalue weighted by Crippen LogP contribution is 2.04. The normalized spacial score (nSPS) is 10.6. The van der Waals surface area contributed by atoms with Crippen molar-refractivity contribution >= 4 is 5.97 Å². The van der Waals surface area contributed by atoms with E-state index >= 15 is 0 Å². The summed E-state index contributed by atoms with van der Waals surface area (Å²) in [6.07, 6.45) is 0.0310. The lowest BCUT2D eigenvalue weighted by molar-refractivity contribution is 0.0696. The van der Waals surface area contributed by atoms with Gasteiger partial charge in [0.25, 0.3) is 6.43 Å².